The van der Waals surface area contributed by atoms with E-state index in [0.29, 0.717) is 5.92 Å². The topological polar surface area (TPSA) is 0 Å². The van der Waals surface area contributed by atoms with Gasteiger partial charge in [0, 0.05) is 0 Å². The highest BCUT2D eigenvalue weighted by atomic mass is 14.2. The van der Waals surface area contributed by atoms with Crippen molar-refractivity contribution >= 4 is 0 Å². The van der Waals surface area contributed by atoms with Crippen molar-refractivity contribution in [1.29, 1.82) is 0 Å². The minimum Gasteiger partial charge on any atom is -0.0654 e. The Balaban J connectivity index is 2.23. The van der Waals surface area contributed by atoms with Crippen molar-refractivity contribution in [3.63, 3.8) is 0 Å². The first-order valence-corrected chi connectivity index (χ1v) is 16.3. The molecule has 0 nitrogen and oxygen atoms in total. The molecule has 35 heavy (non-hydrogen) atoms. The second kappa shape index (κ2) is 23.6. The molecule has 0 atom stereocenters. The van der Waals surface area contributed by atoms with Gasteiger partial charge in [-0.25, -0.2) is 0 Å². The van der Waals surface area contributed by atoms with E-state index < -0.39 is 0 Å². The zero-order valence-corrected chi connectivity index (χ0v) is 24.8. The van der Waals surface area contributed by atoms with Gasteiger partial charge >= 0.3 is 0 Å². The fourth-order valence-corrected chi connectivity index (χ4v) is 5.68. The Labute approximate surface area is 222 Å². The van der Waals surface area contributed by atoms with Crippen molar-refractivity contribution in [1.82, 2.24) is 0 Å². The summed E-state index contributed by atoms with van der Waals surface area (Å²) in [6, 6.07) is 7.17. The Hall–Kier alpha value is -0.780. The molecule has 0 fully saturated rings. The lowest BCUT2D eigenvalue weighted by molar-refractivity contribution is 0.543. The van der Waals surface area contributed by atoms with Crippen LogP contribution in [0, 0.1) is 0 Å². The van der Waals surface area contributed by atoms with Crippen LogP contribution < -0.4 is 0 Å². The van der Waals surface area contributed by atoms with Gasteiger partial charge in [-0.1, -0.05) is 174 Å². The SMILES string of the molecule is CCCCCCCCCCCCCCc1c(CCCCCCCCCCCC)cccc1C(C)C. The van der Waals surface area contributed by atoms with E-state index in [9.17, 15) is 0 Å². The van der Waals surface area contributed by atoms with Gasteiger partial charge in [-0.15, -0.1) is 0 Å². The summed E-state index contributed by atoms with van der Waals surface area (Å²) in [4.78, 5) is 0. The molecule has 1 aromatic rings. The lowest BCUT2D eigenvalue weighted by atomic mass is 9.88. The monoisotopic (exact) mass is 485 g/mol. The summed E-state index contributed by atoms with van der Waals surface area (Å²) in [6.45, 7) is 9.37. The number of rotatable bonds is 25. The summed E-state index contributed by atoms with van der Waals surface area (Å²) < 4.78 is 0. The van der Waals surface area contributed by atoms with Gasteiger partial charge in [-0.2, -0.15) is 0 Å². The van der Waals surface area contributed by atoms with Crippen LogP contribution in [0.4, 0.5) is 0 Å². The first-order valence-electron chi connectivity index (χ1n) is 16.3. The lowest BCUT2D eigenvalue weighted by Gasteiger charge is -2.18. The maximum absolute atomic E-state index is 2.44. The highest BCUT2D eigenvalue weighted by Crippen LogP contribution is 2.26. The average molecular weight is 485 g/mol. The molecule has 0 heterocycles. The third-order valence-electron chi connectivity index (χ3n) is 8.01. The summed E-state index contributed by atoms with van der Waals surface area (Å²) >= 11 is 0. The molecule has 204 valence electrons. The van der Waals surface area contributed by atoms with Crippen molar-refractivity contribution in [2.45, 2.75) is 188 Å². The lowest BCUT2D eigenvalue weighted by Crippen LogP contribution is -2.03. The van der Waals surface area contributed by atoms with E-state index in [1.807, 2.05) is 0 Å². The molecular formula is C35H64. The minimum absolute atomic E-state index is 0.648. The predicted octanol–water partition coefficient (Wildman–Crippen LogP) is 12.5. The van der Waals surface area contributed by atoms with Gasteiger partial charge < -0.3 is 0 Å². The standard InChI is InChI=1S/C35H64/c1-5-7-9-11-13-15-17-18-20-22-24-26-30-35-33(29-27-31-34(35)32(3)4)28-25-23-21-19-16-14-12-10-8-6-2/h27,29,31-32H,5-26,28,30H2,1-4H3. The van der Waals surface area contributed by atoms with Crippen molar-refractivity contribution < 1.29 is 0 Å². The van der Waals surface area contributed by atoms with Crippen LogP contribution in [0.1, 0.15) is 192 Å². The van der Waals surface area contributed by atoms with E-state index in [0.717, 1.165) is 0 Å². The van der Waals surface area contributed by atoms with E-state index in [4.69, 9.17) is 0 Å². The predicted molar refractivity (Wildman–Crippen MR) is 161 cm³/mol. The van der Waals surface area contributed by atoms with Crippen LogP contribution in [-0.4, -0.2) is 0 Å². The van der Waals surface area contributed by atoms with Crippen LogP contribution in [0.3, 0.4) is 0 Å². The fourth-order valence-electron chi connectivity index (χ4n) is 5.68. The summed E-state index contributed by atoms with van der Waals surface area (Å²) in [5.74, 6) is 0.648. The Morgan fingerprint density at radius 3 is 1.23 bits per heavy atom. The first-order chi connectivity index (χ1) is 17.2. The molecule has 0 aliphatic carbocycles. The van der Waals surface area contributed by atoms with E-state index in [2.05, 4.69) is 45.9 Å². The summed E-state index contributed by atoms with van der Waals surface area (Å²) in [5.41, 5.74) is 5.00. The molecule has 0 saturated heterocycles. The molecular weight excluding hydrogens is 420 g/mol. The van der Waals surface area contributed by atoms with Crippen molar-refractivity contribution in [2.24, 2.45) is 0 Å². The zero-order valence-electron chi connectivity index (χ0n) is 24.8. The number of hydrogen-bond donors (Lipinski definition) is 0. The van der Waals surface area contributed by atoms with Gasteiger partial charge in [-0.05, 0) is 48.3 Å². The molecule has 0 aliphatic rings. The Morgan fingerprint density at radius 2 is 0.829 bits per heavy atom. The Morgan fingerprint density at radius 1 is 0.457 bits per heavy atom. The van der Waals surface area contributed by atoms with E-state index >= 15 is 0 Å². The Kier molecular flexibility index (Phi) is 21.8. The minimum atomic E-state index is 0.648. The third-order valence-corrected chi connectivity index (χ3v) is 8.01. The largest absolute Gasteiger partial charge is 0.0654 e. The Bertz CT molecular complexity index is 569. The van der Waals surface area contributed by atoms with E-state index in [1.54, 1.807) is 16.7 Å². The second-order valence-electron chi connectivity index (χ2n) is 11.7. The van der Waals surface area contributed by atoms with Crippen LogP contribution in [0.5, 0.6) is 0 Å². The molecule has 0 unspecified atom stereocenters. The highest BCUT2D eigenvalue weighted by molar-refractivity contribution is 5.37. The number of aryl methyl sites for hydroxylation is 1. The van der Waals surface area contributed by atoms with Crippen LogP contribution in [0.25, 0.3) is 0 Å². The molecule has 0 aromatic heterocycles. The molecule has 0 bridgehead atoms. The smallest absolute Gasteiger partial charge is 0.0216 e. The van der Waals surface area contributed by atoms with Gasteiger partial charge in [0.2, 0.25) is 0 Å². The molecule has 0 heteroatoms. The van der Waals surface area contributed by atoms with Crippen LogP contribution >= 0.6 is 0 Å². The fraction of sp³-hybridized carbons (Fsp3) is 0.829. The van der Waals surface area contributed by atoms with Gasteiger partial charge in [0.15, 0.2) is 0 Å². The molecule has 0 aliphatic heterocycles. The average Bonchev–Trinajstić information content (AvgIpc) is 2.86. The van der Waals surface area contributed by atoms with Crippen LogP contribution in [-0.2, 0) is 12.8 Å². The van der Waals surface area contributed by atoms with Crippen LogP contribution in [0.15, 0.2) is 18.2 Å². The van der Waals surface area contributed by atoms with Gasteiger partial charge in [-0.3, -0.25) is 0 Å². The molecule has 0 radical (unpaired) electrons. The molecule has 0 amide bonds. The second-order valence-corrected chi connectivity index (χ2v) is 11.7. The van der Waals surface area contributed by atoms with E-state index in [1.165, 1.54) is 154 Å². The summed E-state index contributed by atoms with van der Waals surface area (Å²) in [7, 11) is 0. The van der Waals surface area contributed by atoms with Crippen molar-refractivity contribution in [3.05, 3.63) is 34.9 Å². The quantitative estimate of drug-likeness (QED) is 0.121. The number of unbranched alkanes of at least 4 members (excludes halogenated alkanes) is 20. The zero-order chi connectivity index (χ0) is 25.4. The van der Waals surface area contributed by atoms with Crippen molar-refractivity contribution in [3.8, 4) is 0 Å². The highest BCUT2D eigenvalue weighted by Gasteiger charge is 2.11. The normalized spacial score (nSPS) is 11.6. The number of benzene rings is 1. The molecule has 0 saturated carbocycles. The van der Waals surface area contributed by atoms with Crippen molar-refractivity contribution in [2.75, 3.05) is 0 Å². The van der Waals surface area contributed by atoms with Gasteiger partial charge in [0.1, 0.15) is 0 Å². The number of hydrogen-bond acceptors (Lipinski definition) is 0. The van der Waals surface area contributed by atoms with Gasteiger partial charge in [0.25, 0.3) is 0 Å². The maximum atomic E-state index is 2.44. The molecule has 1 aromatic carbocycles. The summed E-state index contributed by atoms with van der Waals surface area (Å²) in [5, 5.41) is 0. The third kappa shape index (κ3) is 17.3. The maximum Gasteiger partial charge on any atom is -0.0216 e. The molecule has 0 N–H and O–H groups in total. The summed E-state index contributed by atoms with van der Waals surface area (Å²) in [6.07, 6.45) is 34.1. The van der Waals surface area contributed by atoms with E-state index in [-0.39, 0.29) is 0 Å². The first kappa shape index (κ1) is 32.2. The molecule has 0 spiro atoms. The van der Waals surface area contributed by atoms with Crippen LogP contribution in [0.2, 0.25) is 0 Å². The molecule has 1 rings (SSSR count). The van der Waals surface area contributed by atoms with Gasteiger partial charge in [0.05, 0.1) is 0 Å².